The Kier molecular flexibility index (Phi) is 5.52. The van der Waals surface area contributed by atoms with Crippen molar-refractivity contribution in [1.29, 1.82) is 0 Å². The molecule has 0 aliphatic heterocycles. The fourth-order valence-electron chi connectivity index (χ4n) is 1.66. The van der Waals surface area contributed by atoms with Gasteiger partial charge in [0.25, 0.3) is 0 Å². The first kappa shape index (κ1) is 14.6. The van der Waals surface area contributed by atoms with Gasteiger partial charge in [-0.2, -0.15) is 0 Å². The van der Waals surface area contributed by atoms with Crippen molar-refractivity contribution in [2.75, 3.05) is 24.2 Å². The van der Waals surface area contributed by atoms with Crippen molar-refractivity contribution in [2.45, 2.75) is 26.7 Å². The Balaban J connectivity index is 2.54. The molecule has 4 heteroatoms. The van der Waals surface area contributed by atoms with Gasteiger partial charge in [0, 0.05) is 28.1 Å². The fraction of sp³-hybridized carbons (Fsp3) is 0.538. The Morgan fingerprint density at radius 2 is 2.12 bits per heavy atom. The molecule has 0 unspecified atom stereocenters. The van der Waals surface area contributed by atoms with Gasteiger partial charge in [-0.25, -0.2) is 0 Å². The Bertz CT molecular complexity index is 366. The summed E-state index contributed by atoms with van der Waals surface area (Å²) in [6.07, 6.45) is 1.87. The zero-order valence-electron chi connectivity index (χ0n) is 10.5. The normalized spacial score (nSPS) is 11.5. The van der Waals surface area contributed by atoms with E-state index in [1.54, 1.807) is 0 Å². The van der Waals surface area contributed by atoms with E-state index in [2.05, 4.69) is 41.8 Å². The highest BCUT2D eigenvalue weighted by atomic mass is 127. The lowest BCUT2D eigenvalue weighted by molar-refractivity contribution is 0.248. The highest BCUT2D eigenvalue weighted by Crippen LogP contribution is 2.25. The second kappa shape index (κ2) is 6.44. The first-order chi connectivity index (χ1) is 7.94. The Morgan fingerprint density at radius 1 is 1.41 bits per heavy atom. The number of rotatable bonds is 6. The van der Waals surface area contributed by atoms with Crippen LogP contribution < -0.4 is 11.1 Å². The lowest BCUT2D eigenvalue weighted by Crippen LogP contribution is -2.23. The summed E-state index contributed by atoms with van der Waals surface area (Å²) in [5, 5.41) is 12.3. The van der Waals surface area contributed by atoms with Crippen LogP contribution >= 0.6 is 22.6 Å². The molecule has 1 aromatic rings. The molecule has 0 radical (unpaired) electrons. The summed E-state index contributed by atoms with van der Waals surface area (Å²) in [4.78, 5) is 0. The zero-order chi connectivity index (χ0) is 12.9. The molecule has 1 rings (SSSR count). The maximum Gasteiger partial charge on any atom is 0.0477 e. The van der Waals surface area contributed by atoms with Gasteiger partial charge in [-0.1, -0.05) is 13.8 Å². The summed E-state index contributed by atoms with van der Waals surface area (Å²) in [5.74, 6) is 0. The molecule has 0 saturated heterocycles. The van der Waals surface area contributed by atoms with Gasteiger partial charge >= 0.3 is 0 Å². The molecule has 0 fully saturated rings. The van der Waals surface area contributed by atoms with Crippen molar-refractivity contribution in [3.05, 3.63) is 21.8 Å². The summed E-state index contributed by atoms with van der Waals surface area (Å²) in [6, 6.07) is 5.88. The van der Waals surface area contributed by atoms with E-state index in [0.29, 0.717) is 0 Å². The topological polar surface area (TPSA) is 58.3 Å². The van der Waals surface area contributed by atoms with Gasteiger partial charge < -0.3 is 16.2 Å². The third kappa shape index (κ3) is 5.12. The minimum absolute atomic E-state index is 0.188. The highest BCUT2D eigenvalue weighted by molar-refractivity contribution is 14.1. The number of halogens is 1. The smallest absolute Gasteiger partial charge is 0.0477 e. The SMILES string of the molecule is CC(C)(CCCO)CNc1ccc(N)cc1I. The van der Waals surface area contributed by atoms with E-state index in [1.807, 2.05) is 18.2 Å². The van der Waals surface area contributed by atoms with E-state index in [-0.39, 0.29) is 12.0 Å². The molecule has 0 atom stereocenters. The van der Waals surface area contributed by atoms with Crippen molar-refractivity contribution >= 4 is 34.0 Å². The molecule has 0 heterocycles. The molecular weight excluding hydrogens is 327 g/mol. The van der Waals surface area contributed by atoms with Gasteiger partial charge in [-0.3, -0.25) is 0 Å². The Hall–Kier alpha value is -0.490. The molecule has 0 spiro atoms. The number of nitrogens with two attached hydrogens (primary N) is 1. The number of aliphatic hydroxyl groups is 1. The third-order valence-electron chi connectivity index (χ3n) is 2.76. The Labute approximate surface area is 117 Å². The monoisotopic (exact) mass is 348 g/mol. The van der Waals surface area contributed by atoms with Crippen LogP contribution in [0.4, 0.5) is 11.4 Å². The molecule has 0 aliphatic rings. The Morgan fingerprint density at radius 3 is 2.71 bits per heavy atom. The van der Waals surface area contributed by atoms with E-state index >= 15 is 0 Å². The van der Waals surface area contributed by atoms with Crippen LogP contribution in [-0.2, 0) is 0 Å². The van der Waals surface area contributed by atoms with E-state index in [0.717, 1.165) is 34.3 Å². The quantitative estimate of drug-likeness (QED) is 0.547. The standard InChI is InChI=1S/C13H21IN2O/c1-13(2,6-3-7-17)9-16-12-5-4-10(15)8-11(12)14/h4-5,8,16-17H,3,6-7,9,15H2,1-2H3. The first-order valence-corrected chi connectivity index (χ1v) is 6.92. The number of benzene rings is 1. The molecule has 0 amide bonds. The molecule has 0 saturated carbocycles. The van der Waals surface area contributed by atoms with E-state index in [1.165, 1.54) is 0 Å². The maximum absolute atomic E-state index is 8.85. The maximum atomic E-state index is 8.85. The van der Waals surface area contributed by atoms with Crippen LogP contribution in [0.25, 0.3) is 0 Å². The van der Waals surface area contributed by atoms with Crippen molar-refractivity contribution in [2.24, 2.45) is 5.41 Å². The second-order valence-corrected chi connectivity index (χ2v) is 6.25. The third-order valence-corrected chi connectivity index (χ3v) is 3.65. The molecule has 0 aromatic heterocycles. The highest BCUT2D eigenvalue weighted by Gasteiger charge is 2.17. The van der Waals surface area contributed by atoms with Gasteiger partial charge in [-0.05, 0) is 59.0 Å². The molecule has 0 aliphatic carbocycles. The molecule has 0 bridgehead atoms. The number of hydrogen-bond donors (Lipinski definition) is 3. The number of anilines is 2. The predicted octanol–water partition coefficient (Wildman–Crippen LogP) is 3.08. The van der Waals surface area contributed by atoms with Crippen molar-refractivity contribution in [3.63, 3.8) is 0 Å². The van der Waals surface area contributed by atoms with Crippen LogP contribution in [-0.4, -0.2) is 18.3 Å². The van der Waals surface area contributed by atoms with Gasteiger partial charge in [0.15, 0.2) is 0 Å². The summed E-state index contributed by atoms with van der Waals surface area (Å²) in [7, 11) is 0. The van der Waals surface area contributed by atoms with Crippen LogP contribution in [0.3, 0.4) is 0 Å². The average molecular weight is 348 g/mol. The van der Waals surface area contributed by atoms with E-state index in [9.17, 15) is 0 Å². The summed E-state index contributed by atoms with van der Waals surface area (Å²) in [6.45, 7) is 5.58. The number of nitrogen functional groups attached to an aromatic ring is 1. The van der Waals surface area contributed by atoms with Gasteiger partial charge in [-0.15, -0.1) is 0 Å². The minimum Gasteiger partial charge on any atom is -0.399 e. The van der Waals surface area contributed by atoms with Gasteiger partial charge in [0.05, 0.1) is 0 Å². The summed E-state index contributed by atoms with van der Waals surface area (Å²) in [5.41, 5.74) is 7.82. The molecule has 96 valence electrons. The summed E-state index contributed by atoms with van der Waals surface area (Å²) < 4.78 is 1.14. The van der Waals surface area contributed by atoms with E-state index in [4.69, 9.17) is 10.8 Å². The summed E-state index contributed by atoms with van der Waals surface area (Å²) >= 11 is 2.28. The van der Waals surface area contributed by atoms with E-state index < -0.39 is 0 Å². The number of aliphatic hydroxyl groups excluding tert-OH is 1. The van der Waals surface area contributed by atoms with Gasteiger partial charge in [0.1, 0.15) is 0 Å². The van der Waals surface area contributed by atoms with Crippen LogP contribution in [0.1, 0.15) is 26.7 Å². The second-order valence-electron chi connectivity index (χ2n) is 5.08. The average Bonchev–Trinajstić information content (AvgIpc) is 2.25. The minimum atomic E-state index is 0.188. The molecule has 1 aromatic carbocycles. The van der Waals surface area contributed by atoms with Crippen LogP contribution in [0.5, 0.6) is 0 Å². The van der Waals surface area contributed by atoms with Crippen molar-refractivity contribution in [1.82, 2.24) is 0 Å². The van der Waals surface area contributed by atoms with Crippen molar-refractivity contribution in [3.8, 4) is 0 Å². The lowest BCUT2D eigenvalue weighted by Gasteiger charge is -2.25. The van der Waals surface area contributed by atoms with Crippen LogP contribution in [0, 0.1) is 8.99 Å². The zero-order valence-corrected chi connectivity index (χ0v) is 12.6. The van der Waals surface area contributed by atoms with Crippen LogP contribution in [0.2, 0.25) is 0 Å². The molecular formula is C13H21IN2O. The van der Waals surface area contributed by atoms with Crippen LogP contribution in [0.15, 0.2) is 18.2 Å². The predicted molar refractivity (Wildman–Crippen MR) is 82.2 cm³/mol. The molecule has 17 heavy (non-hydrogen) atoms. The van der Waals surface area contributed by atoms with Crippen molar-refractivity contribution < 1.29 is 5.11 Å². The lowest BCUT2D eigenvalue weighted by atomic mass is 9.88. The number of hydrogen-bond acceptors (Lipinski definition) is 3. The largest absolute Gasteiger partial charge is 0.399 e. The molecule has 3 nitrogen and oxygen atoms in total. The number of nitrogens with one attached hydrogen (secondary N) is 1. The molecule has 4 N–H and O–H groups in total. The first-order valence-electron chi connectivity index (χ1n) is 5.84. The van der Waals surface area contributed by atoms with Gasteiger partial charge in [0.2, 0.25) is 0 Å². The fourth-order valence-corrected chi connectivity index (χ4v) is 2.39.